The number of rotatable bonds is 5. The summed E-state index contributed by atoms with van der Waals surface area (Å²) in [5.74, 6) is 0.428. The van der Waals surface area contributed by atoms with Gasteiger partial charge in [-0.15, -0.1) is 0 Å². The average Bonchev–Trinajstić information content (AvgIpc) is 3.40. The summed E-state index contributed by atoms with van der Waals surface area (Å²) < 4.78 is 25.9. The second-order valence-corrected chi connectivity index (χ2v) is 8.26. The Morgan fingerprint density at radius 2 is 1.93 bits per heavy atom. The number of hydrogen-bond donors (Lipinski definition) is 2. The van der Waals surface area contributed by atoms with Crippen LogP contribution in [0.25, 0.3) is 0 Å². The van der Waals surface area contributed by atoms with E-state index in [-0.39, 0.29) is 29.2 Å². The van der Waals surface area contributed by atoms with Crippen molar-refractivity contribution < 1.29 is 19.3 Å². The smallest absolute Gasteiger partial charge is 0.232 e. The molecule has 29 heavy (non-hydrogen) atoms. The molecule has 1 saturated heterocycles. The van der Waals surface area contributed by atoms with E-state index in [1.807, 2.05) is 26.8 Å². The highest BCUT2D eigenvalue weighted by atomic mass is 19.1. The maximum atomic E-state index is 14.3. The van der Waals surface area contributed by atoms with Crippen LogP contribution in [0.1, 0.15) is 44.9 Å². The molecule has 2 aromatic rings. The predicted octanol–water partition coefficient (Wildman–Crippen LogP) is 1.34. The molecule has 1 aromatic carbocycles. The van der Waals surface area contributed by atoms with Crippen LogP contribution >= 0.6 is 0 Å². The molecule has 0 unspecified atom stereocenters. The van der Waals surface area contributed by atoms with Gasteiger partial charge in [-0.1, -0.05) is 0 Å². The third-order valence-corrected chi connectivity index (χ3v) is 5.38. The van der Waals surface area contributed by atoms with Crippen molar-refractivity contribution in [3.8, 4) is 5.75 Å². The minimum Gasteiger partial charge on any atom is -0.484 e. The van der Waals surface area contributed by atoms with Gasteiger partial charge in [0, 0.05) is 30.9 Å². The van der Waals surface area contributed by atoms with E-state index in [1.165, 1.54) is 12.4 Å². The van der Waals surface area contributed by atoms with Crippen LogP contribution in [-0.2, 0) is 4.74 Å². The van der Waals surface area contributed by atoms with Crippen molar-refractivity contribution >= 4 is 17.2 Å². The zero-order valence-electron chi connectivity index (χ0n) is 17.0. The Hall–Kier alpha value is -2.74. The van der Waals surface area contributed by atoms with Gasteiger partial charge >= 0.3 is 0 Å². The number of halogens is 1. The van der Waals surface area contributed by atoms with Gasteiger partial charge in [-0.25, -0.2) is 14.4 Å². The van der Waals surface area contributed by atoms with Gasteiger partial charge in [-0.2, -0.15) is 0 Å². The number of nitrogens with zero attached hydrogens (tertiary/aromatic N) is 3. The summed E-state index contributed by atoms with van der Waals surface area (Å²) in [5, 5.41) is 6.39. The number of aromatic nitrogens is 2. The molecule has 2 fully saturated rings. The summed E-state index contributed by atoms with van der Waals surface area (Å²) in [6.45, 7) is 7.49. The van der Waals surface area contributed by atoms with Crippen LogP contribution in [0.3, 0.4) is 0 Å². The summed E-state index contributed by atoms with van der Waals surface area (Å²) >= 11 is 0. The van der Waals surface area contributed by atoms with E-state index in [0.29, 0.717) is 17.0 Å². The number of nitrogen functional groups attached to an aromatic ring is 1. The van der Waals surface area contributed by atoms with E-state index < -0.39 is 5.82 Å². The maximum absolute atomic E-state index is 14.3. The minimum atomic E-state index is -0.494. The first kappa shape index (κ1) is 19.6. The Labute approximate surface area is 169 Å². The standard InChI is InChI=1S/C21H26FN5O2/c1-12-9-27(10-13(2)28-12)19-8-17(25-11-26-19)20(24)14-6-18(15(22)7-16(14)23)29-21(3)4-5-21/h6-8,11-13,24H,4-5,9-10,23H2,1-3H3/p+1/t12-,13+. The normalized spacial score (nSPS) is 23.0. The first-order chi connectivity index (χ1) is 13.7. The first-order valence-corrected chi connectivity index (χ1v) is 9.88. The van der Waals surface area contributed by atoms with Crippen LogP contribution in [0.5, 0.6) is 5.75 Å². The lowest BCUT2D eigenvalue weighted by atomic mass is 10.0. The number of anilines is 2. The third kappa shape index (κ3) is 4.17. The highest BCUT2D eigenvalue weighted by molar-refractivity contribution is 6.11. The van der Waals surface area contributed by atoms with Gasteiger partial charge in [0.05, 0.1) is 17.8 Å². The fourth-order valence-electron chi connectivity index (χ4n) is 3.59. The van der Waals surface area contributed by atoms with Gasteiger partial charge in [-0.05, 0) is 39.7 Å². The molecular weight excluding hydrogens is 373 g/mol. The van der Waals surface area contributed by atoms with Gasteiger partial charge in [0.15, 0.2) is 11.6 Å². The fourth-order valence-corrected chi connectivity index (χ4v) is 3.59. The molecule has 2 atom stereocenters. The molecule has 4 N–H and O–H groups in total. The van der Waals surface area contributed by atoms with E-state index in [9.17, 15) is 4.39 Å². The molecule has 8 heteroatoms. The highest BCUT2D eigenvalue weighted by Crippen LogP contribution is 2.41. The summed E-state index contributed by atoms with van der Waals surface area (Å²) in [6, 6.07) is 4.63. The van der Waals surface area contributed by atoms with E-state index in [0.717, 1.165) is 31.7 Å². The van der Waals surface area contributed by atoms with Crippen molar-refractivity contribution in [3.63, 3.8) is 0 Å². The van der Waals surface area contributed by atoms with Gasteiger partial charge in [0.25, 0.3) is 0 Å². The number of ether oxygens (including phenoxy) is 2. The molecule has 2 heterocycles. The second-order valence-electron chi connectivity index (χ2n) is 8.26. The summed E-state index contributed by atoms with van der Waals surface area (Å²) in [6.07, 6.45) is 3.49. The SMILES string of the molecule is C[C@@H]1CN(c2cc(C(=[NH2+])c3cc(OC4(C)CC4)c(F)cc3N)ncn2)C[C@H](C)O1. The number of hydrogen-bond acceptors (Lipinski definition) is 6. The van der Waals surface area contributed by atoms with Gasteiger partial charge in [0.2, 0.25) is 5.71 Å². The molecule has 1 aliphatic carbocycles. The van der Waals surface area contributed by atoms with Crippen LogP contribution in [-0.4, -0.2) is 46.6 Å². The lowest BCUT2D eigenvalue weighted by Gasteiger charge is -2.36. The molecule has 1 saturated carbocycles. The third-order valence-electron chi connectivity index (χ3n) is 5.38. The molecule has 2 aliphatic rings. The van der Waals surface area contributed by atoms with Crippen LogP contribution in [0.15, 0.2) is 24.5 Å². The van der Waals surface area contributed by atoms with Crippen molar-refractivity contribution in [2.24, 2.45) is 0 Å². The van der Waals surface area contributed by atoms with Gasteiger partial charge < -0.3 is 20.1 Å². The fraction of sp³-hybridized carbons (Fsp3) is 0.476. The Balaban J connectivity index is 1.62. The van der Waals surface area contributed by atoms with Gasteiger partial charge in [-0.3, -0.25) is 5.41 Å². The lowest BCUT2D eigenvalue weighted by molar-refractivity contribution is -0.111. The van der Waals surface area contributed by atoms with Crippen LogP contribution in [0.2, 0.25) is 0 Å². The summed E-state index contributed by atoms with van der Waals surface area (Å²) in [7, 11) is 0. The van der Waals surface area contributed by atoms with Crippen molar-refractivity contribution in [1.82, 2.24) is 9.97 Å². The van der Waals surface area contributed by atoms with E-state index in [4.69, 9.17) is 20.6 Å². The Bertz CT molecular complexity index is 937. The van der Waals surface area contributed by atoms with E-state index in [1.54, 1.807) is 6.07 Å². The highest BCUT2D eigenvalue weighted by Gasteiger charge is 2.41. The van der Waals surface area contributed by atoms with E-state index in [2.05, 4.69) is 14.9 Å². The molecule has 0 bridgehead atoms. The quantitative estimate of drug-likeness (QED) is 0.581. The Morgan fingerprint density at radius 3 is 2.59 bits per heavy atom. The summed E-state index contributed by atoms with van der Waals surface area (Å²) in [5.41, 5.74) is 7.37. The molecule has 0 amide bonds. The van der Waals surface area contributed by atoms with Crippen molar-refractivity contribution in [2.45, 2.75) is 51.4 Å². The zero-order chi connectivity index (χ0) is 20.8. The minimum absolute atomic E-state index is 0.106. The molecule has 4 rings (SSSR count). The largest absolute Gasteiger partial charge is 0.484 e. The topological polar surface area (TPSA) is 99.1 Å². The predicted molar refractivity (Wildman–Crippen MR) is 108 cm³/mol. The van der Waals surface area contributed by atoms with Crippen molar-refractivity contribution in [1.29, 1.82) is 0 Å². The van der Waals surface area contributed by atoms with Crippen molar-refractivity contribution in [3.05, 3.63) is 41.6 Å². The molecule has 0 radical (unpaired) electrons. The first-order valence-electron chi connectivity index (χ1n) is 9.88. The number of morpholine rings is 1. The monoisotopic (exact) mass is 400 g/mol. The molecular formula is C21H27FN5O2+. The lowest BCUT2D eigenvalue weighted by Crippen LogP contribution is -2.46. The molecule has 1 aliphatic heterocycles. The summed E-state index contributed by atoms with van der Waals surface area (Å²) in [4.78, 5) is 10.8. The van der Waals surface area contributed by atoms with Crippen LogP contribution in [0, 0.1) is 5.82 Å². The molecule has 154 valence electrons. The second kappa shape index (κ2) is 7.26. The zero-order valence-corrected chi connectivity index (χ0v) is 17.0. The molecule has 0 spiro atoms. The van der Waals surface area contributed by atoms with Crippen LogP contribution < -0.4 is 20.8 Å². The Kier molecular flexibility index (Phi) is 4.90. The van der Waals surface area contributed by atoms with Gasteiger partial charge in [0.1, 0.15) is 23.4 Å². The Morgan fingerprint density at radius 1 is 1.24 bits per heavy atom. The maximum Gasteiger partial charge on any atom is 0.232 e. The van der Waals surface area contributed by atoms with Crippen molar-refractivity contribution in [2.75, 3.05) is 23.7 Å². The average molecular weight is 400 g/mol. The van der Waals surface area contributed by atoms with E-state index >= 15 is 0 Å². The van der Waals surface area contributed by atoms with Crippen LogP contribution in [0.4, 0.5) is 15.9 Å². The number of benzene rings is 1. The number of nitrogens with two attached hydrogens (primary N) is 2. The molecule has 1 aromatic heterocycles. The molecule has 7 nitrogen and oxygen atoms in total.